The molecule has 3 fully saturated rings. The summed E-state index contributed by atoms with van der Waals surface area (Å²) in [5.74, 6) is -1.34. The number of unbranched alkanes of at least 4 members (excludes halogenated alkanes) is 2. The number of hydrogen-bond acceptors (Lipinski definition) is 11. The van der Waals surface area contributed by atoms with Crippen molar-refractivity contribution in [1.29, 1.82) is 0 Å². The second-order valence-corrected chi connectivity index (χ2v) is 16.7. The molecule has 2 saturated carbocycles. The van der Waals surface area contributed by atoms with Gasteiger partial charge in [-0.25, -0.2) is 4.39 Å². The lowest BCUT2D eigenvalue weighted by molar-refractivity contribution is -0.258. The molecule has 12 nitrogen and oxygen atoms in total. The van der Waals surface area contributed by atoms with Crippen LogP contribution in [-0.4, -0.2) is 103 Å². The molecule has 1 saturated heterocycles. The molecule has 328 valence electrons. The molecule has 5 aliphatic rings. The minimum Gasteiger partial charge on any atom is -0.489 e. The fraction of sp³-hybridized carbons (Fsp3) is 0.617. The van der Waals surface area contributed by atoms with Crippen molar-refractivity contribution in [2.75, 3.05) is 52.8 Å². The van der Waals surface area contributed by atoms with Crippen LogP contribution in [0.3, 0.4) is 0 Å². The van der Waals surface area contributed by atoms with Gasteiger partial charge in [0.25, 0.3) is 0 Å². The Kier molecular flexibility index (Phi) is 15.7. The standard InChI is InChI=1S/C47H63FN2O10/c1-2-24-58-47-42(50(20-26-55-27-23-53)46(54)32-16-17-32)30-40(49-60-43-15-7-10-25-56-43)37-28-33(11-5-8-21-51)36(13-6-9-22-52)44(45(37)47)38-29-35(18-19-41(38)59-47)57-31-34-12-3-4-14-39(34)48/h2-4,12,14,18-19,28-29,32-33,36,42-45,51-53H,1,5-11,13,15-17,20-27,30-31H2/t33-,36+,42-,43?,44+,45+,47+/m0/s1. The molecule has 3 aliphatic carbocycles. The summed E-state index contributed by atoms with van der Waals surface area (Å²) >= 11 is 0. The number of amides is 1. The lowest BCUT2D eigenvalue weighted by Crippen LogP contribution is -2.70. The van der Waals surface area contributed by atoms with Crippen LogP contribution in [0.15, 0.2) is 71.9 Å². The number of carbonyl (C=O) groups excluding carboxylic acids is 1. The fourth-order valence-electron chi connectivity index (χ4n) is 9.75. The molecule has 7 rings (SSSR count). The summed E-state index contributed by atoms with van der Waals surface area (Å²) in [6.45, 7) is 5.44. The minimum atomic E-state index is -1.40. The van der Waals surface area contributed by atoms with Crippen molar-refractivity contribution in [3.63, 3.8) is 0 Å². The topological polar surface area (TPSA) is 149 Å². The zero-order chi connectivity index (χ0) is 41.9. The van der Waals surface area contributed by atoms with Crippen LogP contribution >= 0.6 is 0 Å². The quantitative estimate of drug-likeness (QED) is 0.0620. The number of benzene rings is 2. The fourth-order valence-corrected chi connectivity index (χ4v) is 9.75. The lowest BCUT2D eigenvalue weighted by atomic mass is 9.55. The van der Waals surface area contributed by atoms with Gasteiger partial charge in [0.15, 0.2) is 0 Å². The third-order valence-corrected chi connectivity index (χ3v) is 12.7. The van der Waals surface area contributed by atoms with Crippen LogP contribution in [0.2, 0.25) is 0 Å². The molecule has 0 aromatic heterocycles. The van der Waals surface area contributed by atoms with Gasteiger partial charge in [0, 0.05) is 55.6 Å². The summed E-state index contributed by atoms with van der Waals surface area (Å²) in [5.41, 5.74) is 2.99. The van der Waals surface area contributed by atoms with Crippen LogP contribution < -0.4 is 9.47 Å². The molecule has 0 radical (unpaired) electrons. The smallest absolute Gasteiger partial charge is 0.239 e. The zero-order valence-electron chi connectivity index (χ0n) is 34.8. The van der Waals surface area contributed by atoms with E-state index in [0.717, 1.165) is 68.9 Å². The molecular formula is C47H63FN2O10. The number of halogens is 1. The number of allylic oxidation sites excluding steroid dienone is 1. The van der Waals surface area contributed by atoms with Gasteiger partial charge in [-0.3, -0.25) is 4.79 Å². The molecule has 3 N–H and O–H groups in total. The molecule has 2 heterocycles. The van der Waals surface area contributed by atoms with Gasteiger partial charge < -0.3 is 48.7 Å². The van der Waals surface area contributed by atoms with Crippen LogP contribution in [0.1, 0.15) is 94.1 Å². The predicted octanol–water partition coefficient (Wildman–Crippen LogP) is 6.81. The number of hydrogen-bond donors (Lipinski definition) is 3. The molecule has 60 heavy (non-hydrogen) atoms. The highest BCUT2D eigenvalue weighted by Gasteiger charge is 2.66. The zero-order valence-corrected chi connectivity index (χ0v) is 34.8. The summed E-state index contributed by atoms with van der Waals surface area (Å²) in [5, 5.41) is 34.3. The number of ether oxygens (including phenoxy) is 5. The van der Waals surface area contributed by atoms with Gasteiger partial charge in [-0.1, -0.05) is 48.3 Å². The number of fused-ring (bicyclic) bond motifs is 2. The van der Waals surface area contributed by atoms with Crippen LogP contribution in [-0.2, 0) is 30.4 Å². The van der Waals surface area contributed by atoms with Gasteiger partial charge in [0.1, 0.15) is 30.0 Å². The minimum absolute atomic E-state index is 0.00230. The normalized spacial score (nSPS) is 27.6. The Balaban J connectivity index is 1.40. The Labute approximate surface area is 353 Å². The van der Waals surface area contributed by atoms with Crippen molar-refractivity contribution in [2.45, 2.75) is 108 Å². The van der Waals surface area contributed by atoms with E-state index in [4.69, 9.17) is 33.7 Å². The molecule has 1 unspecified atom stereocenters. The number of carbonyl (C=O) groups is 1. The highest BCUT2D eigenvalue weighted by Crippen LogP contribution is 2.62. The average molecular weight is 835 g/mol. The van der Waals surface area contributed by atoms with E-state index in [1.165, 1.54) is 6.07 Å². The highest BCUT2D eigenvalue weighted by atomic mass is 19.1. The van der Waals surface area contributed by atoms with Crippen LogP contribution in [0, 0.1) is 29.5 Å². The molecule has 2 aromatic rings. The van der Waals surface area contributed by atoms with Crippen molar-refractivity contribution >= 4 is 11.6 Å². The molecule has 7 atom stereocenters. The van der Waals surface area contributed by atoms with Crippen LogP contribution in [0.25, 0.3) is 0 Å². The molecule has 13 heteroatoms. The predicted molar refractivity (Wildman–Crippen MR) is 223 cm³/mol. The van der Waals surface area contributed by atoms with Crippen molar-refractivity contribution in [3.05, 3.63) is 83.7 Å². The monoisotopic (exact) mass is 834 g/mol. The molecule has 0 spiro atoms. The van der Waals surface area contributed by atoms with Gasteiger partial charge in [-0.15, -0.1) is 6.58 Å². The second kappa shape index (κ2) is 21.3. The number of oxime groups is 1. The van der Waals surface area contributed by atoms with E-state index >= 15 is 0 Å². The Morgan fingerprint density at radius 3 is 2.55 bits per heavy atom. The van der Waals surface area contributed by atoms with E-state index < -0.39 is 24.0 Å². The van der Waals surface area contributed by atoms with Crippen LogP contribution in [0.5, 0.6) is 11.5 Å². The van der Waals surface area contributed by atoms with Gasteiger partial charge in [-0.05, 0) is 93.0 Å². The first-order chi connectivity index (χ1) is 29.4. The first-order valence-corrected chi connectivity index (χ1v) is 22.1. The van der Waals surface area contributed by atoms with E-state index in [1.807, 2.05) is 23.1 Å². The van der Waals surface area contributed by atoms with E-state index in [0.29, 0.717) is 42.2 Å². The van der Waals surface area contributed by atoms with Gasteiger partial charge in [0.05, 0.1) is 44.7 Å². The molecule has 1 amide bonds. The summed E-state index contributed by atoms with van der Waals surface area (Å²) in [4.78, 5) is 22.7. The second-order valence-electron chi connectivity index (χ2n) is 16.7. The Morgan fingerprint density at radius 1 is 1.00 bits per heavy atom. The van der Waals surface area contributed by atoms with Crippen molar-refractivity contribution in [1.82, 2.24) is 4.90 Å². The largest absolute Gasteiger partial charge is 0.489 e. The van der Waals surface area contributed by atoms with E-state index in [9.17, 15) is 24.5 Å². The van der Waals surface area contributed by atoms with Crippen molar-refractivity contribution in [2.24, 2.45) is 28.8 Å². The first-order valence-electron chi connectivity index (χ1n) is 22.1. The number of nitrogens with zero attached hydrogens (tertiary/aromatic N) is 2. The first kappa shape index (κ1) is 44.2. The SMILES string of the molecule is C=CCO[C@@]12Oc3ccc(OCc4ccccc4F)cc3[C@H]3[C@H](CCCCO)[C@@H](CCCCO)C=C(C(=NOC4CCCCO4)C[C@@H]1N(CCOCCO)C(=O)C1CC1)[C@H]32. The summed E-state index contributed by atoms with van der Waals surface area (Å²) in [7, 11) is 0. The van der Waals surface area contributed by atoms with Gasteiger partial charge in [0.2, 0.25) is 18.0 Å². The summed E-state index contributed by atoms with van der Waals surface area (Å²) < 4.78 is 47.2. The van der Waals surface area contributed by atoms with E-state index in [-0.39, 0.29) is 94.6 Å². The average Bonchev–Trinajstić information content (AvgIpc) is 4.12. The lowest BCUT2D eigenvalue weighted by Gasteiger charge is -2.60. The van der Waals surface area contributed by atoms with Crippen molar-refractivity contribution < 1.29 is 53.0 Å². The Bertz CT molecular complexity index is 1800. The van der Waals surface area contributed by atoms with Crippen molar-refractivity contribution in [3.8, 4) is 11.5 Å². The number of rotatable bonds is 23. The molecule has 2 aliphatic heterocycles. The summed E-state index contributed by atoms with van der Waals surface area (Å²) in [6, 6.07) is 11.6. The molecular weight excluding hydrogens is 772 g/mol. The maximum Gasteiger partial charge on any atom is 0.239 e. The third kappa shape index (κ3) is 10.1. The number of aliphatic hydroxyl groups is 3. The maximum atomic E-state index is 14.7. The molecule has 0 bridgehead atoms. The maximum absolute atomic E-state index is 14.7. The molecule has 2 aromatic carbocycles. The number of aliphatic hydroxyl groups excluding tert-OH is 3. The summed E-state index contributed by atoms with van der Waals surface area (Å²) in [6.07, 6.45) is 12.5. The van der Waals surface area contributed by atoms with Gasteiger partial charge >= 0.3 is 0 Å². The van der Waals surface area contributed by atoms with Gasteiger partial charge in [-0.2, -0.15) is 0 Å². The Morgan fingerprint density at radius 2 is 1.82 bits per heavy atom. The van der Waals surface area contributed by atoms with Crippen LogP contribution in [0.4, 0.5) is 4.39 Å². The van der Waals surface area contributed by atoms with E-state index in [2.05, 4.69) is 12.7 Å². The Hall–Kier alpha value is -3.85. The highest BCUT2D eigenvalue weighted by molar-refractivity contribution is 6.03. The third-order valence-electron chi connectivity index (χ3n) is 12.7. The van der Waals surface area contributed by atoms with E-state index in [1.54, 1.807) is 24.3 Å².